The summed E-state index contributed by atoms with van der Waals surface area (Å²) in [5, 5.41) is 12.0. The van der Waals surface area contributed by atoms with Crippen molar-refractivity contribution in [1.82, 2.24) is 5.32 Å². The van der Waals surface area contributed by atoms with Crippen LogP contribution in [0.15, 0.2) is 72.1 Å². The highest BCUT2D eigenvalue weighted by Gasteiger charge is 2.29. The van der Waals surface area contributed by atoms with E-state index in [0.717, 1.165) is 34.1 Å². The van der Waals surface area contributed by atoms with Crippen molar-refractivity contribution in [2.24, 2.45) is 11.7 Å². The molecule has 0 fully saturated rings. The lowest BCUT2D eigenvalue weighted by Crippen LogP contribution is -2.54. The van der Waals surface area contributed by atoms with Crippen LogP contribution in [0.2, 0.25) is 0 Å². The van der Waals surface area contributed by atoms with Crippen molar-refractivity contribution >= 4 is 5.91 Å². The number of allylic oxidation sites excluding steroid dienone is 4. The smallest absolute Gasteiger partial charge is 0.246 e. The molecule has 0 aromatic heterocycles. The van der Waals surface area contributed by atoms with Crippen molar-refractivity contribution in [1.29, 1.82) is 0 Å². The fourth-order valence-corrected chi connectivity index (χ4v) is 3.06. The molecule has 1 aliphatic rings. The number of carbonyl (C=O) groups excluding carboxylic acids is 1. The van der Waals surface area contributed by atoms with Crippen LogP contribution in [0.5, 0.6) is 11.5 Å². The Morgan fingerprint density at radius 1 is 1.10 bits per heavy atom. The van der Waals surface area contributed by atoms with Gasteiger partial charge in [-0.15, -0.1) is 0 Å². The van der Waals surface area contributed by atoms with Gasteiger partial charge in [0.2, 0.25) is 5.91 Å². The van der Waals surface area contributed by atoms with Gasteiger partial charge in [-0.3, -0.25) is 4.79 Å². The van der Waals surface area contributed by atoms with Crippen LogP contribution in [0, 0.1) is 5.92 Å². The summed E-state index contributed by atoms with van der Waals surface area (Å²) in [6.45, 7) is 3.08. The molecule has 4 N–H and O–H groups in total. The summed E-state index contributed by atoms with van der Waals surface area (Å²) in [5.41, 5.74) is 7.42. The molecule has 158 valence electrons. The minimum absolute atomic E-state index is 0.0574. The van der Waals surface area contributed by atoms with Gasteiger partial charge < -0.3 is 25.6 Å². The summed E-state index contributed by atoms with van der Waals surface area (Å²) in [6.07, 6.45) is 4.31. The van der Waals surface area contributed by atoms with Crippen LogP contribution in [0.25, 0.3) is 11.1 Å². The van der Waals surface area contributed by atoms with Gasteiger partial charge in [0.15, 0.2) is 0 Å². The lowest BCUT2D eigenvalue weighted by molar-refractivity contribution is -0.126. The highest BCUT2D eigenvalue weighted by atomic mass is 16.5. The van der Waals surface area contributed by atoms with E-state index in [1.165, 1.54) is 6.92 Å². The van der Waals surface area contributed by atoms with Gasteiger partial charge in [-0.05, 0) is 54.5 Å². The topological polar surface area (TPSA) is 93.8 Å². The Hall–Kier alpha value is -3.09. The van der Waals surface area contributed by atoms with Gasteiger partial charge in [0.05, 0.1) is 13.7 Å². The van der Waals surface area contributed by atoms with E-state index in [4.69, 9.17) is 15.2 Å². The van der Waals surface area contributed by atoms with Crippen LogP contribution in [0.4, 0.5) is 0 Å². The average Bonchev–Trinajstić information content (AvgIpc) is 2.76. The highest BCUT2D eigenvalue weighted by molar-refractivity contribution is 5.87. The van der Waals surface area contributed by atoms with Crippen molar-refractivity contribution in [3.8, 4) is 22.6 Å². The third-order valence-corrected chi connectivity index (χ3v) is 5.12. The van der Waals surface area contributed by atoms with E-state index in [1.54, 1.807) is 7.11 Å². The lowest BCUT2D eigenvalue weighted by atomic mass is 9.96. The average molecular weight is 408 g/mol. The number of ether oxygens (including phenoxy) is 2. The molecule has 0 saturated heterocycles. The number of rotatable bonds is 7. The molecule has 1 unspecified atom stereocenters. The van der Waals surface area contributed by atoms with Gasteiger partial charge in [-0.1, -0.05) is 31.2 Å². The molecule has 0 radical (unpaired) electrons. The normalized spacial score (nSPS) is 18.0. The highest BCUT2D eigenvalue weighted by Crippen LogP contribution is 2.28. The number of amides is 1. The molecule has 1 aliphatic carbocycles. The standard InChI is InChI=1S/C24H28N2O4/c1-16-14-21(12-13-22(16)26-23(28)24(2,25)15-27)30-20-10-6-18(7-11-20)17-4-8-19(29-3)9-5-17/h4-13,16,27H,14-15,25H2,1-3H3,(H,26,28)/t16?,24-/m0/s1. The first-order valence-electron chi connectivity index (χ1n) is 9.86. The molecular weight excluding hydrogens is 380 g/mol. The number of hydrogen-bond acceptors (Lipinski definition) is 5. The summed E-state index contributed by atoms with van der Waals surface area (Å²) >= 11 is 0. The van der Waals surface area contributed by atoms with E-state index >= 15 is 0 Å². The maximum atomic E-state index is 12.2. The summed E-state index contributed by atoms with van der Waals surface area (Å²) in [7, 11) is 1.65. The van der Waals surface area contributed by atoms with Crippen molar-refractivity contribution < 1.29 is 19.4 Å². The van der Waals surface area contributed by atoms with Crippen LogP contribution in [-0.4, -0.2) is 30.3 Å². The minimum atomic E-state index is -1.31. The Morgan fingerprint density at radius 3 is 2.17 bits per heavy atom. The summed E-state index contributed by atoms with van der Waals surface area (Å²) < 4.78 is 11.2. The second-order valence-corrected chi connectivity index (χ2v) is 7.74. The van der Waals surface area contributed by atoms with Gasteiger partial charge in [0.1, 0.15) is 22.8 Å². The third kappa shape index (κ3) is 5.09. The van der Waals surface area contributed by atoms with Crippen molar-refractivity contribution in [2.75, 3.05) is 13.7 Å². The Balaban J connectivity index is 1.65. The Labute approximate surface area is 177 Å². The lowest BCUT2D eigenvalue weighted by Gasteiger charge is -2.26. The molecule has 2 aromatic rings. The minimum Gasteiger partial charge on any atom is -0.497 e. The summed E-state index contributed by atoms with van der Waals surface area (Å²) in [5.74, 6) is 2.04. The zero-order valence-electron chi connectivity index (χ0n) is 17.5. The van der Waals surface area contributed by atoms with E-state index in [1.807, 2.05) is 67.6 Å². The molecule has 0 bridgehead atoms. The molecular formula is C24H28N2O4. The molecule has 0 saturated carbocycles. The molecule has 2 atom stereocenters. The first-order valence-corrected chi connectivity index (χ1v) is 9.86. The third-order valence-electron chi connectivity index (χ3n) is 5.12. The SMILES string of the molecule is COc1ccc(-c2ccc(OC3=CC=C(NC(=O)[C@@](C)(N)CO)C(C)C3)cc2)cc1. The van der Waals surface area contributed by atoms with Gasteiger partial charge in [-0.2, -0.15) is 0 Å². The van der Waals surface area contributed by atoms with E-state index in [-0.39, 0.29) is 5.92 Å². The van der Waals surface area contributed by atoms with Crippen molar-refractivity contribution in [3.63, 3.8) is 0 Å². The van der Waals surface area contributed by atoms with Gasteiger partial charge in [-0.25, -0.2) is 0 Å². The second-order valence-electron chi connectivity index (χ2n) is 7.74. The number of nitrogens with one attached hydrogen (secondary N) is 1. The van der Waals surface area contributed by atoms with Crippen LogP contribution in [0.1, 0.15) is 20.3 Å². The first kappa shape index (κ1) is 21.6. The summed E-state index contributed by atoms with van der Waals surface area (Å²) in [6, 6.07) is 15.8. The van der Waals surface area contributed by atoms with Crippen molar-refractivity contribution in [3.05, 3.63) is 72.1 Å². The maximum absolute atomic E-state index is 12.2. The zero-order chi connectivity index (χ0) is 21.7. The molecule has 6 nitrogen and oxygen atoms in total. The first-order chi connectivity index (χ1) is 14.3. The molecule has 30 heavy (non-hydrogen) atoms. The number of aliphatic hydroxyl groups is 1. The monoisotopic (exact) mass is 408 g/mol. The number of carbonyl (C=O) groups is 1. The molecule has 6 heteroatoms. The molecule has 0 heterocycles. The molecule has 0 aliphatic heterocycles. The number of hydrogen-bond donors (Lipinski definition) is 3. The van der Waals surface area contributed by atoms with Crippen LogP contribution < -0.4 is 20.5 Å². The maximum Gasteiger partial charge on any atom is 0.246 e. The number of aliphatic hydroxyl groups excluding tert-OH is 1. The van der Waals surface area contributed by atoms with E-state index < -0.39 is 18.1 Å². The number of methoxy groups -OCH3 is 1. The molecule has 3 rings (SSSR count). The van der Waals surface area contributed by atoms with Crippen LogP contribution >= 0.6 is 0 Å². The van der Waals surface area contributed by atoms with Gasteiger partial charge in [0, 0.05) is 18.0 Å². The molecule has 1 amide bonds. The molecule has 0 spiro atoms. The number of nitrogens with two attached hydrogens (primary N) is 1. The van der Waals surface area contributed by atoms with Gasteiger partial charge in [0.25, 0.3) is 0 Å². The Kier molecular flexibility index (Phi) is 6.59. The largest absolute Gasteiger partial charge is 0.497 e. The molecule has 2 aromatic carbocycles. The Morgan fingerprint density at radius 2 is 1.67 bits per heavy atom. The fraction of sp³-hybridized carbons (Fsp3) is 0.292. The number of benzene rings is 2. The van der Waals surface area contributed by atoms with Crippen LogP contribution in [0.3, 0.4) is 0 Å². The zero-order valence-corrected chi connectivity index (χ0v) is 17.5. The summed E-state index contributed by atoms with van der Waals surface area (Å²) in [4.78, 5) is 12.2. The Bertz CT molecular complexity index is 944. The van der Waals surface area contributed by atoms with E-state index in [2.05, 4.69) is 5.32 Å². The quantitative estimate of drug-likeness (QED) is 0.653. The van der Waals surface area contributed by atoms with Gasteiger partial charge >= 0.3 is 0 Å². The second kappa shape index (κ2) is 9.15. The fourth-order valence-electron chi connectivity index (χ4n) is 3.06. The van der Waals surface area contributed by atoms with E-state index in [9.17, 15) is 9.90 Å². The predicted molar refractivity (Wildman–Crippen MR) is 117 cm³/mol. The van der Waals surface area contributed by atoms with Crippen LogP contribution in [-0.2, 0) is 4.79 Å². The van der Waals surface area contributed by atoms with Crippen molar-refractivity contribution in [2.45, 2.75) is 25.8 Å². The predicted octanol–water partition coefficient (Wildman–Crippen LogP) is 3.37. The van der Waals surface area contributed by atoms with E-state index in [0.29, 0.717) is 6.42 Å².